The van der Waals surface area contributed by atoms with Gasteiger partial charge in [-0.15, -0.1) is 10.1 Å². The second-order valence-corrected chi connectivity index (χ2v) is 12.9. The molecule has 1 saturated heterocycles. The molecule has 5 rings (SSSR count). The molecule has 13 heteroatoms. The van der Waals surface area contributed by atoms with Crippen molar-refractivity contribution in [3.63, 3.8) is 0 Å². The summed E-state index contributed by atoms with van der Waals surface area (Å²) in [5, 5.41) is 20.9. The summed E-state index contributed by atoms with van der Waals surface area (Å²) in [7, 11) is 0. The predicted molar refractivity (Wildman–Crippen MR) is 141 cm³/mol. The lowest BCUT2D eigenvalue weighted by Crippen LogP contribution is -2.70. The van der Waals surface area contributed by atoms with E-state index in [1.807, 2.05) is 6.92 Å². The zero-order valence-electron chi connectivity index (χ0n) is 24.3. The molecule has 232 valence electrons. The first-order chi connectivity index (χ1) is 19.6. The lowest BCUT2D eigenvalue weighted by atomic mass is 9.44. The maximum Gasteiger partial charge on any atom is 0.508 e. The van der Waals surface area contributed by atoms with E-state index in [9.17, 15) is 29.6 Å². The smallest absolute Gasteiger partial charge is 0.434 e. The van der Waals surface area contributed by atoms with E-state index in [2.05, 4.69) is 4.84 Å². The van der Waals surface area contributed by atoms with Gasteiger partial charge >= 0.3 is 6.16 Å². The molecule has 5 aliphatic rings. The summed E-state index contributed by atoms with van der Waals surface area (Å²) in [4.78, 5) is 52.7. The van der Waals surface area contributed by atoms with Gasteiger partial charge in [-0.3, -0.25) is 9.59 Å². The Morgan fingerprint density at radius 3 is 2.60 bits per heavy atom. The zero-order valence-corrected chi connectivity index (χ0v) is 24.3. The number of hydrogen-bond acceptors (Lipinski definition) is 11. The Labute approximate surface area is 242 Å². The van der Waals surface area contributed by atoms with Crippen LogP contribution in [-0.4, -0.2) is 77.0 Å². The van der Waals surface area contributed by atoms with Crippen molar-refractivity contribution in [1.82, 2.24) is 0 Å². The average Bonchev–Trinajstić information content (AvgIpc) is 3.31. The zero-order chi connectivity index (χ0) is 30.7. The fraction of sp³-hybridized carbons (Fsp3) is 0.759. The number of halogens is 1. The summed E-state index contributed by atoms with van der Waals surface area (Å²) in [5.74, 6) is -2.98. The number of ketones is 2. The molecule has 42 heavy (non-hydrogen) atoms. The number of alkyl halides is 1. The monoisotopic (exact) mass is 595 g/mol. The van der Waals surface area contributed by atoms with Gasteiger partial charge < -0.3 is 28.9 Å². The quantitative estimate of drug-likeness (QED) is 0.180. The number of aliphatic hydroxyl groups is 1. The minimum atomic E-state index is -2.08. The number of fused-ring (bicyclic) bond motifs is 7. The van der Waals surface area contributed by atoms with Crippen molar-refractivity contribution in [3.05, 3.63) is 33.9 Å². The highest BCUT2D eigenvalue weighted by Crippen LogP contribution is 2.72. The highest BCUT2D eigenvalue weighted by atomic mass is 19.1. The SMILES string of the molecule is CC1(C)O[C@@H]2C[C@H]3C4CCC5=CC(=O)C=C[C@]5(C)[C@@]4(F)[C@@H](O)C[C@]3(C)[C@]2(C(=O)COC(=O)OCCCCO[N+](=O)[O-])O1. The predicted octanol–water partition coefficient (Wildman–Crippen LogP) is 3.57. The number of hydrogen-bond donors (Lipinski definition) is 1. The molecule has 0 radical (unpaired) electrons. The van der Waals surface area contributed by atoms with E-state index in [1.165, 1.54) is 12.2 Å². The van der Waals surface area contributed by atoms with Crippen LogP contribution in [0.25, 0.3) is 0 Å². The van der Waals surface area contributed by atoms with E-state index in [1.54, 1.807) is 26.8 Å². The molecule has 8 atom stereocenters. The Bertz CT molecular complexity index is 1230. The minimum Gasteiger partial charge on any atom is -0.434 e. The molecule has 3 saturated carbocycles. The van der Waals surface area contributed by atoms with E-state index in [4.69, 9.17) is 18.9 Å². The lowest BCUT2D eigenvalue weighted by molar-refractivity contribution is -0.757. The van der Waals surface area contributed by atoms with Gasteiger partial charge in [-0.25, -0.2) is 9.18 Å². The summed E-state index contributed by atoms with van der Waals surface area (Å²) in [6.45, 7) is 5.99. The summed E-state index contributed by atoms with van der Waals surface area (Å²) < 4.78 is 40.2. The van der Waals surface area contributed by atoms with Crippen LogP contribution in [0, 0.1) is 32.8 Å². The molecular weight excluding hydrogens is 557 g/mol. The summed E-state index contributed by atoms with van der Waals surface area (Å²) in [5.41, 5.74) is -5.27. The van der Waals surface area contributed by atoms with Crippen LogP contribution in [0.5, 0.6) is 0 Å². The molecule has 4 fully saturated rings. The maximum atomic E-state index is 17.5. The largest absolute Gasteiger partial charge is 0.508 e. The molecule has 0 amide bonds. The van der Waals surface area contributed by atoms with Crippen molar-refractivity contribution in [2.45, 2.75) is 95.5 Å². The Kier molecular flexibility index (Phi) is 7.55. The Morgan fingerprint density at radius 2 is 1.88 bits per heavy atom. The fourth-order valence-electron chi connectivity index (χ4n) is 8.58. The third-order valence-corrected chi connectivity index (χ3v) is 10.3. The third-order valence-electron chi connectivity index (χ3n) is 10.3. The van der Waals surface area contributed by atoms with Crippen molar-refractivity contribution < 1.29 is 52.8 Å². The van der Waals surface area contributed by atoms with Crippen molar-refractivity contribution >= 4 is 17.7 Å². The Balaban J connectivity index is 1.35. The van der Waals surface area contributed by atoms with E-state index < -0.39 is 75.6 Å². The number of carbonyl (C=O) groups excluding carboxylic acids is 3. The third kappa shape index (κ3) is 4.46. The molecule has 1 unspecified atom stereocenters. The number of carbonyl (C=O) groups is 3. The van der Waals surface area contributed by atoms with Crippen LogP contribution in [0.1, 0.15) is 66.2 Å². The van der Waals surface area contributed by atoms with Gasteiger partial charge in [0.25, 0.3) is 5.09 Å². The topological polar surface area (TPSA) is 161 Å². The van der Waals surface area contributed by atoms with Crippen LogP contribution in [-0.2, 0) is 33.4 Å². The molecule has 1 N–H and O–H groups in total. The van der Waals surface area contributed by atoms with Gasteiger partial charge in [-0.1, -0.05) is 18.6 Å². The van der Waals surface area contributed by atoms with Crippen LogP contribution >= 0.6 is 0 Å². The first kappa shape index (κ1) is 30.6. The number of unbranched alkanes of at least 4 members (excludes halogenated alkanes) is 1. The van der Waals surface area contributed by atoms with Crippen LogP contribution < -0.4 is 0 Å². The fourth-order valence-corrected chi connectivity index (χ4v) is 8.58. The Hall–Kier alpha value is -2.90. The minimum absolute atomic E-state index is 0.0873. The summed E-state index contributed by atoms with van der Waals surface area (Å²) in [6.07, 6.45) is 2.70. The first-order valence-corrected chi connectivity index (χ1v) is 14.4. The molecular formula is C29H38FNO11. The number of nitrogens with zero attached hydrogens (tertiary/aromatic N) is 1. The second-order valence-electron chi connectivity index (χ2n) is 12.9. The van der Waals surface area contributed by atoms with Crippen LogP contribution in [0.15, 0.2) is 23.8 Å². The second kappa shape index (κ2) is 10.4. The van der Waals surface area contributed by atoms with Crippen molar-refractivity contribution in [1.29, 1.82) is 0 Å². The van der Waals surface area contributed by atoms with Gasteiger partial charge in [0.2, 0.25) is 5.78 Å². The molecule has 1 heterocycles. The molecule has 0 aromatic rings. The number of rotatable bonds is 9. The summed E-state index contributed by atoms with van der Waals surface area (Å²) in [6, 6.07) is 0. The van der Waals surface area contributed by atoms with E-state index in [-0.39, 0.29) is 38.3 Å². The number of allylic oxidation sites excluding steroid dienone is 4. The molecule has 12 nitrogen and oxygen atoms in total. The standard InChI is InChI=1S/C29H38FNO11/c1-25(2)41-23-14-20-19-8-7-17-13-18(32)9-10-26(17,3)28(19,30)21(33)15-27(20,4)29(23,42-25)22(34)16-39-24(35)38-11-5-6-12-40-31(36)37/h9-10,13,19-21,23,33H,5-8,11-12,14-16H2,1-4H3/t19?,20-,21-,23+,26-,27-,28-,29+/m0/s1. The molecule has 0 aromatic carbocycles. The van der Waals surface area contributed by atoms with Gasteiger partial charge in [0.15, 0.2) is 29.4 Å². The van der Waals surface area contributed by atoms with Crippen molar-refractivity contribution in [3.8, 4) is 0 Å². The maximum absolute atomic E-state index is 17.5. The molecule has 0 aromatic heterocycles. The van der Waals surface area contributed by atoms with Gasteiger partial charge in [0, 0.05) is 16.7 Å². The van der Waals surface area contributed by atoms with Crippen molar-refractivity contribution in [2.75, 3.05) is 19.8 Å². The Morgan fingerprint density at radius 1 is 1.17 bits per heavy atom. The molecule has 4 aliphatic carbocycles. The van der Waals surface area contributed by atoms with E-state index >= 15 is 4.39 Å². The highest BCUT2D eigenvalue weighted by molar-refractivity contribution is 6.01. The highest BCUT2D eigenvalue weighted by Gasteiger charge is 2.80. The molecule has 0 spiro atoms. The summed E-state index contributed by atoms with van der Waals surface area (Å²) >= 11 is 0. The van der Waals surface area contributed by atoms with Crippen LogP contribution in [0.4, 0.5) is 9.18 Å². The first-order valence-electron chi connectivity index (χ1n) is 14.4. The van der Waals surface area contributed by atoms with Crippen LogP contribution in [0.2, 0.25) is 0 Å². The molecule has 0 bridgehead atoms. The van der Waals surface area contributed by atoms with E-state index in [0.717, 1.165) is 0 Å². The van der Waals surface area contributed by atoms with Gasteiger partial charge in [0.1, 0.15) is 0 Å². The number of ether oxygens (including phenoxy) is 4. The van der Waals surface area contributed by atoms with Crippen LogP contribution in [0.3, 0.4) is 0 Å². The van der Waals surface area contributed by atoms with E-state index in [0.29, 0.717) is 24.8 Å². The molecule has 1 aliphatic heterocycles. The number of aliphatic hydroxyl groups excluding tert-OH is 1. The van der Waals surface area contributed by atoms with Gasteiger partial charge in [-0.05, 0) is 77.4 Å². The normalized spacial score (nSPS) is 41.1. The number of Topliss-reactive ketones (excluding diaryl/α,β-unsaturated/α-hetero) is 1. The van der Waals surface area contributed by atoms with Gasteiger partial charge in [0.05, 0.1) is 25.4 Å². The van der Waals surface area contributed by atoms with Crippen molar-refractivity contribution in [2.24, 2.45) is 22.7 Å². The van der Waals surface area contributed by atoms with Gasteiger partial charge in [-0.2, -0.15) is 0 Å². The lowest BCUT2D eigenvalue weighted by Gasteiger charge is -2.62. The average molecular weight is 596 g/mol.